The number of pyridine rings is 1. The molecule has 0 bridgehead atoms. The molecule has 0 saturated heterocycles. The summed E-state index contributed by atoms with van der Waals surface area (Å²) in [5.41, 5.74) is 0.246. The van der Waals surface area contributed by atoms with E-state index in [-0.39, 0.29) is 12.2 Å². The van der Waals surface area contributed by atoms with Gasteiger partial charge < -0.3 is 4.55 Å². The molecule has 1 aromatic rings. The molecule has 0 amide bonds. The van der Waals surface area contributed by atoms with E-state index in [4.69, 9.17) is 11.6 Å². The molecular formula is C11H16ClFN2OS. The van der Waals surface area contributed by atoms with Gasteiger partial charge in [-0.05, 0) is 32.9 Å². The van der Waals surface area contributed by atoms with Crippen LogP contribution in [0.25, 0.3) is 0 Å². The summed E-state index contributed by atoms with van der Waals surface area (Å²) in [6, 6.07) is 3.05. The number of alkyl halides is 1. The van der Waals surface area contributed by atoms with Crippen LogP contribution < -0.4 is 4.72 Å². The van der Waals surface area contributed by atoms with E-state index < -0.39 is 22.3 Å². The number of halogens is 2. The molecule has 2 atom stereocenters. The summed E-state index contributed by atoms with van der Waals surface area (Å²) in [5, 5.41) is 0.439. The lowest BCUT2D eigenvalue weighted by molar-refractivity contribution is 0.334. The third-order valence-corrected chi connectivity index (χ3v) is 3.79. The second kappa shape index (κ2) is 6.00. The standard InChI is InChI=1S/C11H16ClFN2OS/c1-11(2,3)17(16)15-7-9(13)10-6-8(12)4-5-14-10/h4-6,9,15H,7H2,1-3H3/t9-,17?/m0/s1. The van der Waals surface area contributed by atoms with Crippen molar-refractivity contribution in [3.05, 3.63) is 29.0 Å². The molecular weight excluding hydrogens is 263 g/mol. The smallest absolute Gasteiger partial charge is 0.159 e. The highest BCUT2D eigenvalue weighted by Gasteiger charge is 2.27. The fourth-order valence-electron chi connectivity index (χ4n) is 1.06. The van der Waals surface area contributed by atoms with E-state index in [1.54, 1.807) is 6.07 Å². The van der Waals surface area contributed by atoms with Gasteiger partial charge in [-0.25, -0.2) is 4.39 Å². The summed E-state index contributed by atoms with van der Waals surface area (Å²) < 4.78 is 27.6. The minimum Gasteiger partial charge on any atom is -0.598 e. The maximum absolute atomic E-state index is 13.7. The SMILES string of the molecule is CC(C)(C)[S+]([O-])NC[C@H](F)c1cc(Cl)ccn1. The van der Waals surface area contributed by atoms with Gasteiger partial charge in [0.25, 0.3) is 0 Å². The predicted octanol–water partition coefficient (Wildman–Crippen LogP) is 2.80. The Hall–Kier alpha value is -0.360. The highest BCUT2D eigenvalue weighted by Crippen LogP contribution is 2.19. The van der Waals surface area contributed by atoms with Crippen molar-refractivity contribution in [1.82, 2.24) is 9.71 Å². The minimum absolute atomic E-state index is 0.0444. The van der Waals surface area contributed by atoms with Crippen molar-refractivity contribution in [1.29, 1.82) is 0 Å². The number of aromatic nitrogens is 1. The molecule has 0 spiro atoms. The van der Waals surface area contributed by atoms with Gasteiger partial charge in [0.15, 0.2) is 6.17 Å². The molecule has 3 nitrogen and oxygen atoms in total. The maximum Gasteiger partial charge on any atom is 0.159 e. The first-order chi connectivity index (χ1) is 7.80. The van der Waals surface area contributed by atoms with Crippen molar-refractivity contribution in [3.8, 4) is 0 Å². The van der Waals surface area contributed by atoms with Crippen LogP contribution in [0, 0.1) is 0 Å². The highest BCUT2D eigenvalue weighted by atomic mass is 35.5. The van der Waals surface area contributed by atoms with E-state index in [0.717, 1.165) is 0 Å². The Balaban J connectivity index is 2.53. The molecule has 0 aliphatic heterocycles. The zero-order chi connectivity index (χ0) is 13.1. The largest absolute Gasteiger partial charge is 0.598 e. The molecule has 1 rings (SSSR count). The van der Waals surface area contributed by atoms with E-state index in [1.807, 2.05) is 20.8 Å². The third-order valence-electron chi connectivity index (χ3n) is 2.01. The predicted molar refractivity (Wildman–Crippen MR) is 69.0 cm³/mol. The Morgan fingerprint density at radius 3 is 2.76 bits per heavy atom. The summed E-state index contributed by atoms with van der Waals surface area (Å²) in [6.07, 6.45) is 0.130. The quantitative estimate of drug-likeness (QED) is 0.862. The maximum atomic E-state index is 13.7. The van der Waals surface area contributed by atoms with E-state index in [2.05, 4.69) is 9.71 Å². The van der Waals surface area contributed by atoms with Crippen molar-refractivity contribution < 1.29 is 8.94 Å². The number of nitrogens with one attached hydrogen (secondary N) is 1. The van der Waals surface area contributed by atoms with Crippen LogP contribution in [-0.4, -0.2) is 20.8 Å². The number of hydrogen-bond acceptors (Lipinski definition) is 3. The number of hydrogen-bond donors (Lipinski definition) is 1. The van der Waals surface area contributed by atoms with Crippen molar-refractivity contribution in [2.45, 2.75) is 31.7 Å². The average Bonchev–Trinajstić information content (AvgIpc) is 2.24. The van der Waals surface area contributed by atoms with Crippen molar-refractivity contribution >= 4 is 23.0 Å². The first-order valence-corrected chi connectivity index (χ1v) is 6.74. The van der Waals surface area contributed by atoms with Crippen molar-refractivity contribution in [2.24, 2.45) is 0 Å². The van der Waals surface area contributed by atoms with Gasteiger partial charge in [-0.2, -0.15) is 0 Å². The van der Waals surface area contributed by atoms with Gasteiger partial charge in [-0.15, -0.1) is 4.72 Å². The van der Waals surface area contributed by atoms with Crippen LogP contribution in [0.2, 0.25) is 5.02 Å². The zero-order valence-electron chi connectivity index (χ0n) is 10.0. The molecule has 17 heavy (non-hydrogen) atoms. The molecule has 0 aromatic carbocycles. The Kier molecular flexibility index (Phi) is 5.19. The molecule has 1 aromatic heterocycles. The Bertz CT molecular complexity index is 373. The zero-order valence-corrected chi connectivity index (χ0v) is 11.6. The summed E-state index contributed by atoms with van der Waals surface area (Å²) in [4.78, 5) is 3.88. The molecule has 96 valence electrons. The Morgan fingerprint density at radius 2 is 2.24 bits per heavy atom. The van der Waals surface area contributed by atoms with Gasteiger partial charge in [0.05, 0.1) is 12.2 Å². The Labute approximate surface area is 109 Å². The lowest BCUT2D eigenvalue weighted by Crippen LogP contribution is -2.40. The van der Waals surface area contributed by atoms with Crippen LogP contribution in [0.5, 0.6) is 0 Å². The second-order valence-electron chi connectivity index (χ2n) is 4.60. The van der Waals surface area contributed by atoms with Crippen LogP contribution in [0.1, 0.15) is 32.6 Å². The van der Waals surface area contributed by atoms with Crippen LogP contribution in [0.3, 0.4) is 0 Å². The van der Waals surface area contributed by atoms with E-state index in [0.29, 0.717) is 5.02 Å². The number of rotatable bonds is 4. The monoisotopic (exact) mass is 278 g/mol. The van der Waals surface area contributed by atoms with Crippen molar-refractivity contribution in [3.63, 3.8) is 0 Å². The van der Waals surface area contributed by atoms with Gasteiger partial charge >= 0.3 is 0 Å². The molecule has 0 saturated carbocycles. The Morgan fingerprint density at radius 1 is 1.59 bits per heavy atom. The fraction of sp³-hybridized carbons (Fsp3) is 0.545. The lowest BCUT2D eigenvalue weighted by atomic mass is 10.2. The van der Waals surface area contributed by atoms with Gasteiger partial charge in [0.1, 0.15) is 4.75 Å². The lowest BCUT2D eigenvalue weighted by Gasteiger charge is -2.24. The normalized spacial score (nSPS) is 15.6. The molecule has 0 aliphatic carbocycles. The van der Waals surface area contributed by atoms with E-state index in [9.17, 15) is 8.94 Å². The third kappa shape index (κ3) is 4.79. The molecule has 1 unspecified atom stereocenters. The van der Waals surface area contributed by atoms with Gasteiger partial charge in [-0.1, -0.05) is 11.6 Å². The molecule has 1 N–H and O–H groups in total. The van der Waals surface area contributed by atoms with Crippen LogP contribution in [0.15, 0.2) is 18.3 Å². The summed E-state index contributed by atoms with van der Waals surface area (Å²) in [7, 11) is 0. The average molecular weight is 279 g/mol. The first kappa shape index (κ1) is 14.7. The van der Waals surface area contributed by atoms with Gasteiger partial charge in [0, 0.05) is 22.6 Å². The van der Waals surface area contributed by atoms with E-state index >= 15 is 0 Å². The second-order valence-corrected chi connectivity index (χ2v) is 7.08. The summed E-state index contributed by atoms with van der Waals surface area (Å²) in [5.74, 6) is 0. The topological polar surface area (TPSA) is 48.0 Å². The minimum atomic E-state index is -1.32. The summed E-state index contributed by atoms with van der Waals surface area (Å²) in [6.45, 7) is 5.42. The number of nitrogens with zero attached hydrogens (tertiary/aromatic N) is 1. The molecule has 0 radical (unpaired) electrons. The molecule has 1 heterocycles. The van der Waals surface area contributed by atoms with Crippen LogP contribution in [-0.2, 0) is 11.4 Å². The molecule has 6 heteroatoms. The molecule has 0 fully saturated rings. The molecule has 0 aliphatic rings. The van der Waals surface area contributed by atoms with Crippen LogP contribution >= 0.6 is 11.6 Å². The van der Waals surface area contributed by atoms with Crippen LogP contribution in [0.4, 0.5) is 4.39 Å². The van der Waals surface area contributed by atoms with Gasteiger partial charge in [-0.3, -0.25) is 4.98 Å². The fourth-order valence-corrected chi connectivity index (χ4v) is 1.96. The summed E-state index contributed by atoms with van der Waals surface area (Å²) >= 11 is 4.45. The van der Waals surface area contributed by atoms with Crippen molar-refractivity contribution in [2.75, 3.05) is 6.54 Å². The van der Waals surface area contributed by atoms with E-state index in [1.165, 1.54) is 12.3 Å². The highest BCUT2D eigenvalue weighted by molar-refractivity contribution is 7.90. The van der Waals surface area contributed by atoms with Gasteiger partial charge in [0.2, 0.25) is 0 Å². The first-order valence-electron chi connectivity index (χ1n) is 5.21.